The van der Waals surface area contributed by atoms with Crippen molar-refractivity contribution in [2.45, 2.75) is 43.8 Å². The number of ketones is 1. The van der Waals surface area contributed by atoms with Crippen molar-refractivity contribution in [1.29, 1.82) is 0 Å². The lowest BCUT2D eigenvalue weighted by Gasteiger charge is -2.16. The minimum atomic E-state index is -0.0782. The third-order valence-electron chi connectivity index (χ3n) is 3.77. The number of ether oxygens (including phenoxy) is 1. The van der Waals surface area contributed by atoms with Gasteiger partial charge < -0.3 is 4.74 Å². The van der Waals surface area contributed by atoms with Gasteiger partial charge in [0.05, 0.1) is 0 Å². The molecule has 2 aliphatic rings. The topological polar surface area (TPSA) is 29.6 Å². The van der Waals surface area contributed by atoms with Crippen LogP contribution in [-0.2, 0) is 16.0 Å². The Morgan fingerprint density at radius 1 is 1.31 bits per heavy atom. The van der Waals surface area contributed by atoms with E-state index in [1.807, 2.05) is 6.07 Å². The summed E-state index contributed by atoms with van der Waals surface area (Å²) in [6.07, 6.45) is 4.74. The molecule has 2 fully saturated rings. The van der Waals surface area contributed by atoms with Crippen molar-refractivity contribution in [2.75, 3.05) is 0 Å². The summed E-state index contributed by atoms with van der Waals surface area (Å²) in [7, 11) is 0. The summed E-state index contributed by atoms with van der Waals surface area (Å²) in [5.74, 6) is 0.319. The van der Waals surface area contributed by atoms with E-state index in [2.05, 4.69) is 24.3 Å². The van der Waals surface area contributed by atoms with Crippen LogP contribution in [0.25, 0.3) is 0 Å². The van der Waals surface area contributed by atoms with E-state index >= 15 is 0 Å². The number of carbonyl (C=O) groups excluding carboxylic acids is 1. The maximum absolute atomic E-state index is 11.5. The molecule has 0 spiro atoms. The van der Waals surface area contributed by atoms with Crippen LogP contribution in [0.2, 0.25) is 0 Å². The number of epoxide rings is 1. The first-order valence-electron chi connectivity index (χ1n) is 6.05. The van der Waals surface area contributed by atoms with Crippen molar-refractivity contribution in [3.63, 3.8) is 0 Å². The first kappa shape index (κ1) is 10.0. The van der Waals surface area contributed by atoms with E-state index in [0.717, 1.165) is 32.1 Å². The van der Waals surface area contributed by atoms with Gasteiger partial charge in [-0.2, -0.15) is 0 Å². The molecule has 2 nitrogen and oxygen atoms in total. The highest BCUT2D eigenvalue weighted by Gasteiger charge is 2.60. The number of benzene rings is 1. The highest BCUT2D eigenvalue weighted by molar-refractivity contribution is 5.88. The third kappa shape index (κ3) is 1.67. The molecule has 0 N–H and O–H groups in total. The molecule has 0 radical (unpaired) electrons. The van der Waals surface area contributed by atoms with E-state index in [4.69, 9.17) is 4.74 Å². The SMILES string of the molecule is O=C1CCC[C@]2(CCc3ccccc3)O[C@H]12. The van der Waals surface area contributed by atoms with Crippen molar-refractivity contribution in [3.05, 3.63) is 35.9 Å². The van der Waals surface area contributed by atoms with Gasteiger partial charge in [-0.25, -0.2) is 0 Å². The predicted octanol–water partition coefficient (Wildman–Crippen LogP) is 2.51. The molecular formula is C14H16O2. The molecule has 1 aromatic rings. The Balaban J connectivity index is 1.62. The van der Waals surface area contributed by atoms with Crippen LogP contribution in [0.15, 0.2) is 30.3 Å². The lowest BCUT2D eigenvalue weighted by Crippen LogP contribution is -2.26. The molecule has 1 saturated carbocycles. The molecule has 0 aromatic heterocycles. The number of fused-ring (bicyclic) bond motifs is 1. The standard InChI is InChI=1S/C14H16O2/c15-12-7-4-9-14(13(12)16-14)10-8-11-5-2-1-3-6-11/h1-3,5-6,13H,4,7-10H2/t13-,14-/m1/s1. The Morgan fingerprint density at radius 3 is 2.94 bits per heavy atom. The van der Waals surface area contributed by atoms with E-state index in [9.17, 15) is 4.79 Å². The molecule has 1 saturated heterocycles. The van der Waals surface area contributed by atoms with Crippen molar-refractivity contribution >= 4 is 5.78 Å². The summed E-state index contributed by atoms with van der Waals surface area (Å²) < 4.78 is 5.65. The van der Waals surface area contributed by atoms with Crippen molar-refractivity contribution in [2.24, 2.45) is 0 Å². The minimum absolute atomic E-state index is 0.0648. The molecule has 1 aromatic carbocycles. The molecule has 2 atom stereocenters. The van der Waals surface area contributed by atoms with Gasteiger partial charge in [-0.1, -0.05) is 30.3 Å². The molecule has 1 heterocycles. The van der Waals surface area contributed by atoms with E-state index in [1.54, 1.807) is 0 Å². The summed E-state index contributed by atoms with van der Waals surface area (Å²) in [6, 6.07) is 10.4. The van der Waals surface area contributed by atoms with Crippen LogP contribution in [0.3, 0.4) is 0 Å². The second kappa shape index (κ2) is 3.70. The predicted molar refractivity (Wildman–Crippen MR) is 61.2 cm³/mol. The molecule has 1 aliphatic carbocycles. The minimum Gasteiger partial charge on any atom is -0.358 e. The maximum atomic E-state index is 11.5. The van der Waals surface area contributed by atoms with Crippen LogP contribution in [0.5, 0.6) is 0 Å². The molecule has 3 rings (SSSR count). The molecule has 2 heteroatoms. The van der Waals surface area contributed by atoms with E-state index in [0.29, 0.717) is 5.78 Å². The molecule has 16 heavy (non-hydrogen) atoms. The average molecular weight is 216 g/mol. The summed E-state index contributed by atoms with van der Waals surface area (Å²) in [5.41, 5.74) is 1.26. The molecular weight excluding hydrogens is 200 g/mol. The van der Waals surface area contributed by atoms with Crippen LogP contribution in [-0.4, -0.2) is 17.5 Å². The molecule has 0 bridgehead atoms. The van der Waals surface area contributed by atoms with Crippen LogP contribution in [0.4, 0.5) is 0 Å². The first-order valence-corrected chi connectivity index (χ1v) is 6.05. The lowest BCUT2D eigenvalue weighted by atomic mass is 9.84. The number of Topliss-reactive ketones (excluding diaryl/α,β-unsaturated/α-hetero) is 1. The fraction of sp³-hybridized carbons (Fsp3) is 0.500. The smallest absolute Gasteiger partial charge is 0.164 e. The fourth-order valence-corrected chi connectivity index (χ4v) is 2.76. The Labute approximate surface area is 95.6 Å². The van der Waals surface area contributed by atoms with Gasteiger partial charge >= 0.3 is 0 Å². The second-order valence-electron chi connectivity index (χ2n) is 4.87. The average Bonchev–Trinajstić information content (AvgIpc) is 3.05. The summed E-state index contributed by atoms with van der Waals surface area (Å²) in [4.78, 5) is 11.5. The highest BCUT2D eigenvalue weighted by atomic mass is 16.6. The van der Waals surface area contributed by atoms with Gasteiger partial charge in [-0.15, -0.1) is 0 Å². The van der Waals surface area contributed by atoms with Crippen LogP contribution < -0.4 is 0 Å². The monoisotopic (exact) mass is 216 g/mol. The number of carbonyl (C=O) groups is 1. The number of hydrogen-bond donors (Lipinski definition) is 0. The van der Waals surface area contributed by atoms with Crippen molar-refractivity contribution in [1.82, 2.24) is 0 Å². The number of aryl methyl sites for hydroxylation is 1. The highest BCUT2D eigenvalue weighted by Crippen LogP contribution is 2.48. The maximum Gasteiger partial charge on any atom is 0.164 e. The van der Waals surface area contributed by atoms with Gasteiger partial charge in [-0.3, -0.25) is 4.79 Å². The molecule has 0 unspecified atom stereocenters. The van der Waals surface area contributed by atoms with Crippen LogP contribution in [0, 0.1) is 0 Å². The number of hydrogen-bond acceptors (Lipinski definition) is 2. The normalized spacial score (nSPS) is 32.2. The van der Waals surface area contributed by atoms with E-state index in [-0.39, 0.29) is 11.7 Å². The van der Waals surface area contributed by atoms with Crippen LogP contribution >= 0.6 is 0 Å². The number of rotatable bonds is 3. The Hall–Kier alpha value is -1.15. The second-order valence-corrected chi connectivity index (χ2v) is 4.87. The first-order chi connectivity index (χ1) is 7.80. The quantitative estimate of drug-likeness (QED) is 0.726. The van der Waals surface area contributed by atoms with Gasteiger partial charge in [0.1, 0.15) is 11.7 Å². The van der Waals surface area contributed by atoms with Gasteiger partial charge in [0.2, 0.25) is 0 Å². The van der Waals surface area contributed by atoms with Gasteiger partial charge in [0, 0.05) is 6.42 Å². The van der Waals surface area contributed by atoms with Crippen LogP contribution in [0.1, 0.15) is 31.2 Å². The summed E-state index contributed by atoms with van der Waals surface area (Å²) in [6.45, 7) is 0. The zero-order valence-corrected chi connectivity index (χ0v) is 9.32. The summed E-state index contributed by atoms with van der Waals surface area (Å²) in [5, 5.41) is 0. The van der Waals surface area contributed by atoms with Crippen molar-refractivity contribution in [3.8, 4) is 0 Å². The van der Waals surface area contributed by atoms with E-state index in [1.165, 1.54) is 5.56 Å². The lowest BCUT2D eigenvalue weighted by molar-refractivity contribution is -0.120. The fourth-order valence-electron chi connectivity index (χ4n) is 2.76. The summed E-state index contributed by atoms with van der Waals surface area (Å²) >= 11 is 0. The zero-order valence-electron chi connectivity index (χ0n) is 9.32. The van der Waals surface area contributed by atoms with Gasteiger partial charge in [0.15, 0.2) is 5.78 Å². The Kier molecular flexibility index (Phi) is 2.32. The van der Waals surface area contributed by atoms with E-state index < -0.39 is 0 Å². The third-order valence-corrected chi connectivity index (χ3v) is 3.77. The molecule has 1 aliphatic heterocycles. The molecule has 84 valence electrons. The molecule has 0 amide bonds. The zero-order chi connectivity index (χ0) is 11.0. The Bertz CT molecular complexity index is 398. The van der Waals surface area contributed by atoms with Gasteiger partial charge in [-0.05, 0) is 31.2 Å². The Morgan fingerprint density at radius 2 is 2.12 bits per heavy atom. The van der Waals surface area contributed by atoms with Crippen molar-refractivity contribution < 1.29 is 9.53 Å². The largest absolute Gasteiger partial charge is 0.358 e. The van der Waals surface area contributed by atoms with Gasteiger partial charge in [0.25, 0.3) is 0 Å².